The molecule has 0 aromatic rings. The van der Waals surface area contributed by atoms with E-state index in [1.165, 1.54) is 0 Å². The molecule has 0 radical (unpaired) electrons. The largest absolute Gasteiger partial charge is 0.495 e. The summed E-state index contributed by atoms with van der Waals surface area (Å²) in [6.07, 6.45) is 1.99. The lowest BCUT2D eigenvalue weighted by atomic mass is 10.3. The van der Waals surface area contributed by atoms with Gasteiger partial charge < -0.3 is 4.74 Å². The summed E-state index contributed by atoms with van der Waals surface area (Å²) in [7, 11) is 0. The molecule has 1 fully saturated rings. The zero-order valence-electron chi connectivity index (χ0n) is 5.10. The monoisotopic (exact) mass is 132 g/mol. The predicted molar refractivity (Wildman–Crippen MR) is 29.8 cm³/mol. The van der Waals surface area contributed by atoms with Crippen molar-refractivity contribution in [3.63, 3.8) is 0 Å². The SMILES string of the molecule is O=C(F)OC1CCCC1. The van der Waals surface area contributed by atoms with E-state index in [1.54, 1.807) is 0 Å². The molecular formula is C6H9FO2. The van der Waals surface area contributed by atoms with E-state index in [2.05, 4.69) is 4.74 Å². The number of halogens is 1. The number of rotatable bonds is 1. The highest BCUT2D eigenvalue weighted by Gasteiger charge is 2.18. The van der Waals surface area contributed by atoms with Gasteiger partial charge in [-0.05, 0) is 25.7 Å². The van der Waals surface area contributed by atoms with Crippen molar-refractivity contribution in [1.29, 1.82) is 0 Å². The van der Waals surface area contributed by atoms with Crippen molar-refractivity contribution in [3.8, 4) is 0 Å². The molecule has 0 amide bonds. The van der Waals surface area contributed by atoms with E-state index in [1.807, 2.05) is 0 Å². The van der Waals surface area contributed by atoms with Gasteiger partial charge in [0.05, 0.1) is 0 Å². The van der Waals surface area contributed by atoms with Crippen molar-refractivity contribution < 1.29 is 13.9 Å². The van der Waals surface area contributed by atoms with Crippen molar-refractivity contribution in [2.75, 3.05) is 0 Å². The maximum atomic E-state index is 11.5. The Kier molecular flexibility index (Phi) is 2.03. The molecule has 0 N–H and O–H groups in total. The lowest BCUT2D eigenvalue weighted by Crippen LogP contribution is -2.08. The first kappa shape index (κ1) is 6.52. The van der Waals surface area contributed by atoms with E-state index in [4.69, 9.17) is 0 Å². The molecule has 2 nitrogen and oxygen atoms in total. The quantitative estimate of drug-likeness (QED) is 0.510. The Morgan fingerprint density at radius 2 is 2.00 bits per heavy atom. The van der Waals surface area contributed by atoms with E-state index in [0.29, 0.717) is 0 Å². The van der Waals surface area contributed by atoms with Gasteiger partial charge in [-0.15, -0.1) is 4.39 Å². The third-order valence-corrected chi connectivity index (χ3v) is 1.56. The molecule has 52 valence electrons. The second-order valence-electron chi connectivity index (χ2n) is 2.26. The van der Waals surface area contributed by atoms with E-state index in [-0.39, 0.29) is 6.10 Å². The van der Waals surface area contributed by atoms with E-state index in [9.17, 15) is 9.18 Å². The molecule has 0 spiro atoms. The van der Waals surface area contributed by atoms with Crippen LogP contribution in [0.2, 0.25) is 0 Å². The topological polar surface area (TPSA) is 26.3 Å². The first-order valence-electron chi connectivity index (χ1n) is 3.15. The Morgan fingerprint density at radius 1 is 1.44 bits per heavy atom. The summed E-state index contributed by atoms with van der Waals surface area (Å²) in [5.74, 6) is 0. The third kappa shape index (κ3) is 2.00. The van der Waals surface area contributed by atoms with Crippen LogP contribution in [-0.2, 0) is 4.74 Å². The number of hydrogen-bond acceptors (Lipinski definition) is 2. The molecule has 1 rings (SSSR count). The van der Waals surface area contributed by atoms with E-state index in [0.717, 1.165) is 25.7 Å². The summed E-state index contributed by atoms with van der Waals surface area (Å²) >= 11 is 0. The Hall–Kier alpha value is -0.600. The van der Waals surface area contributed by atoms with Crippen molar-refractivity contribution >= 4 is 6.22 Å². The first-order chi connectivity index (χ1) is 4.29. The van der Waals surface area contributed by atoms with Crippen LogP contribution in [0.4, 0.5) is 9.18 Å². The van der Waals surface area contributed by atoms with Gasteiger partial charge in [-0.2, -0.15) is 0 Å². The minimum atomic E-state index is -1.64. The summed E-state index contributed by atoms with van der Waals surface area (Å²) in [6.45, 7) is 0. The highest BCUT2D eigenvalue weighted by Crippen LogP contribution is 2.20. The summed E-state index contributed by atoms with van der Waals surface area (Å²) in [6, 6.07) is 0. The van der Waals surface area contributed by atoms with Crippen LogP contribution in [0.1, 0.15) is 25.7 Å². The van der Waals surface area contributed by atoms with Crippen LogP contribution in [0.5, 0.6) is 0 Å². The van der Waals surface area contributed by atoms with Gasteiger partial charge in [-0.1, -0.05) is 0 Å². The normalized spacial score (nSPS) is 20.1. The molecule has 0 aromatic carbocycles. The zero-order chi connectivity index (χ0) is 6.69. The molecule has 0 aliphatic heterocycles. The van der Waals surface area contributed by atoms with Gasteiger partial charge in [0.15, 0.2) is 0 Å². The average molecular weight is 132 g/mol. The van der Waals surface area contributed by atoms with Gasteiger partial charge in [-0.25, -0.2) is 4.79 Å². The lowest BCUT2D eigenvalue weighted by Gasteiger charge is -2.04. The van der Waals surface area contributed by atoms with Crippen LogP contribution >= 0.6 is 0 Å². The Bertz CT molecular complexity index is 108. The first-order valence-corrected chi connectivity index (χ1v) is 3.15. The molecule has 0 saturated heterocycles. The highest BCUT2D eigenvalue weighted by molar-refractivity contribution is 5.58. The maximum absolute atomic E-state index is 11.5. The number of carbonyl (C=O) groups is 1. The molecule has 0 bridgehead atoms. The smallest absolute Gasteiger partial charge is 0.437 e. The Labute approximate surface area is 53.0 Å². The molecule has 0 aromatic heterocycles. The molecule has 1 aliphatic rings. The van der Waals surface area contributed by atoms with E-state index >= 15 is 0 Å². The maximum Gasteiger partial charge on any atom is 0.495 e. The van der Waals surface area contributed by atoms with Gasteiger partial charge in [0.1, 0.15) is 6.10 Å². The number of carbonyl (C=O) groups excluding carboxylic acids is 1. The van der Waals surface area contributed by atoms with Gasteiger partial charge in [-0.3, -0.25) is 0 Å². The van der Waals surface area contributed by atoms with Crippen LogP contribution < -0.4 is 0 Å². The average Bonchev–Trinajstić information content (AvgIpc) is 2.15. The zero-order valence-corrected chi connectivity index (χ0v) is 5.10. The number of ether oxygens (including phenoxy) is 1. The second kappa shape index (κ2) is 2.80. The Balaban J connectivity index is 2.19. The van der Waals surface area contributed by atoms with Crippen molar-refractivity contribution in [3.05, 3.63) is 0 Å². The Morgan fingerprint density at radius 3 is 2.44 bits per heavy atom. The van der Waals surface area contributed by atoms with Gasteiger partial charge in [0.25, 0.3) is 0 Å². The fourth-order valence-corrected chi connectivity index (χ4v) is 1.14. The molecule has 0 heterocycles. The summed E-state index contributed by atoms with van der Waals surface area (Å²) in [4.78, 5) is 9.71. The third-order valence-electron chi connectivity index (χ3n) is 1.56. The molecule has 3 heteroatoms. The van der Waals surface area contributed by atoms with Crippen LogP contribution in [0.15, 0.2) is 0 Å². The molecule has 1 saturated carbocycles. The fraction of sp³-hybridized carbons (Fsp3) is 0.833. The minimum Gasteiger partial charge on any atom is -0.437 e. The molecule has 0 unspecified atom stereocenters. The van der Waals surface area contributed by atoms with Gasteiger partial charge in [0.2, 0.25) is 0 Å². The molecular weight excluding hydrogens is 123 g/mol. The van der Waals surface area contributed by atoms with Crippen molar-refractivity contribution in [2.45, 2.75) is 31.8 Å². The minimum absolute atomic E-state index is 0.137. The van der Waals surface area contributed by atoms with Crippen LogP contribution in [0.25, 0.3) is 0 Å². The highest BCUT2D eigenvalue weighted by atomic mass is 19.1. The summed E-state index contributed by atoms with van der Waals surface area (Å²) in [5.41, 5.74) is 0. The molecule has 1 aliphatic carbocycles. The molecule has 0 atom stereocenters. The van der Waals surface area contributed by atoms with Crippen molar-refractivity contribution in [2.24, 2.45) is 0 Å². The van der Waals surface area contributed by atoms with Crippen LogP contribution in [0, 0.1) is 0 Å². The summed E-state index contributed by atoms with van der Waals surface area (Å²) < 4.78 is 15.8. The fourth-order valence-electron chi connectivity index (χ4n) is 1.14. The predicted octanol–water partition coefficient (Wildman–Crippen LogP) is 2.04. The van der Waals surface area contributed by atoms with Crippen LogP contribution in [0.3, 0.4) is 0 Å². The van der Waals surface area contributed by atoms with Gasteiger partial charge >= 0.3 is 6.22 Å². The number of hydrogen-bond donors (Lipinski definition) is 0. The standard InChI is InChI=1S/C6H9FO2/c7-6(8)9-5-3-1-2-4-5/h5H,1-4H2. The van der Waals surface area contributed by atoms with Crippen LogP contribution in [-0.4, -0.2) is 12.3 Å². The molecule has 9 heavy (non-hydrogen) atoms. The second-order valence-corrected chi connectivity index (χ2v) is 2.26. The summed E-state index contributed by atoms with van der Waals surface area (Å²) in [5, 5.41) is 0. The van der Waals surface area contributed by atoms with Crippen molar-refractivity contribution in [1.82, 2.24) is 0 Å². The van der Waals surface area contributed by atoms with Gasteiger partial charge in [0, 0.05) is 0 Å². The van der Waals surface area contributed by atoms with E-state index < -0.39 is 6.22 Å². The lowest BCUT2D eigenvalue weighted by molar-refractivity contribution is 0.0790.